The molecular weight excluding hydrogens is 212 g/mol. The zero-order chi connectivity index (χ0) is 11.7. The van der Waals surface area contributed by atoms with Crippen molar-refractivity contribution in [3.05, 3.63) is 18.2 Å². The van der Waals surface area contributed by atoms with Crippen LogP contribution in [0.1, 0.15) is 31.4 Å². The van der Waals surface area contributed by atoms with Crippen molar-refractivity contribution < 1.29 is 0 Å². The number of imidazole rings is 1. The predicted octanol–water partition coefficient (Wildman–Crippen LogP) is 1.14. The Morgan fingerprint density at radius 2 is 2.06 bits per heavy atom. The minimum atomic E-state index is 0.694. The van der Waals surface area contributed by atoms with Crippen molar-refractivity contribution >= 4 is 0 Å². The van der Waals surface area contributed by atoms with Gasteiger partial charge in [0.15, 0.2) is 0 Å². The first-order valence-electron chi connectivity index (χ1n) is 6.75. The molecule has 0 radical (unpaired) electrons. The second-order valence-electron chi connectivity index (χ2n) is 5.42. The molecule has 1 saturated heterocycles. The molecule has 94 valence electrons. The molecule has 4 heteroatoms. The second-order valence-corrected chi connectivity index (χ2v) is 5.42. The van der Waals surface area contributed by atoms with E-state index in [1.165, 1.54) is 44.5 Å². The van der Waals surface area contributed by atoms with Gasteiger partial charge in [-0.15, -0.1) is 0 Å². The number of aromatic nitrogens is 2. The summed E-state index contributed by atoms with van der Waals surface area (Å²) in [5.74, 6) is 0. The lowest BCUT2D eigenvalue weighted by Gasteiger charge is -2.32. The highest BCUT2D eigenvalue weighted by Gasteiger charge is 2.31. The molecule has 2 fully saturated rings. The number of hydrogen-bond donors (Lipinski definition) is 1. The summed E-state index contributed by atoms with van der Waals surface area (Å²) in [6, 6.07) is 1.63. The summed E-state index contributed by atoms with van der Waals surface area (Å²) >= 11 is 0. The van der Waals surface area contributed by atoms with Crippen molar-refractivity contribution in [2.45, 2.75) is 44.3 Å². The SMILES string of the molecule is Cn1cncc1CNC1CCN(C2CC2)CC1. The van der Waals surface area contributed by atoms with Gasteiger partial charge in [0.05, 0.1) is 12.0 Å². The van der Waals surface area contributed by atoms with Crippen molar-refractivity contribution in [1.82, 2.24) is 19.8 Å². The first-order chi connectivity index (χ1) is 8.33. The van der Waals surface area contributed by atoms with Crippen LogP contribution in [0.15, 0.2) is 12.5 Å². The smallest absolute Gasteiger partial charge is 0.0945 e. The van der Waals surface area contributed by atoms with Gasteiger partial charge in [0, 0.05) is 31.9 Å². The van der Waals surface area contributed by atoms with Gasteiger partial charge in [-0.1, -0.05) is 0 Å². The Bertz CT molecular complexity index is 361. The third-order valence-electron chi connectivity index (χ3n) is 4.08. The van der Waals surface area contributed by atoms with Gasteiger partial charge < -0.3 is 14.8 Å². The number of nitrogens with zero attached hydrogens (tertiary/aromatic N) is 3. The van der Waals surface area contributed by atoms with E-state index < -0.39 is 0 Å². The zero-order valence-corrected chi connectivity index (χ0v) is 10.6. The van der Waals surface area contributed by atoms with Crippen molar-refractivity contribution in [2.75, 3.05) is 13.1 Å². The van der Waals surface area contributed by atoms with Crippen LogP contribution >= 0.6 is 0 Å². The molecule has 4 nitrogen and oxygen atoms in total. The summed E-state index contributed by atoms with van der Waals surface area (Å²) in [4.78, 5) is 6.81. The van der Waals surface area contributed by atoms with E-state index in [0.717, 1.165) is 12.6 Å². The molecule has 1 saturated carbocycles. The van der Waals surface area contributed by atoms with E-state index in [-0.39, 0.29) is 0 Å². The summed E-state index contributed by atoms with van der Waals surface area (Å²) in [6.45, 7) is 3.52. The molecular formula is C13H22N4. The zero-order valence-electron chi connectivity index (χ0n) is 10.6. The van der Waals surface area contributed by atoms with Gasteiger partial charge in [-0.05, 0) is 38.8 Å². The van der Waals surface area contributed by atoms with Crippen molar-refractivity contribution in [3.8, 4) is 0 Å². The standard InChI is InChI=1S/C13H22N4/c1-16-10-14-8-13(16)9-15-11-4-6-17(7-5-11)12-2-3-12/h8,10-12,15H,2-7,9H2,1H3. The number of nitrogens with one attached hydrogen (secondary N) is 1. The minimum Gasteiger partial charge on any atom is -0.337 e. The molecule has 0 spiro atoms. The van der Waals surface area contributed by atoms with Gasteiger partial charge >= 0.3 is 0 Å². The average Bonchev–Trinajstić information content (AvgIpc) is 3.12. The molecule has 0 aromatic carbocycles. The molecule has 0 amide bonds. The quantitative estimate of drug-likeness (QED) is 0.848. The van der Waals surface area contributed by atoms with Crippen LogP contribution in [0.4, 0.5) is 0 Å². The number of hydrogen-bond acceptors (Lipinski definition) is 3. The molecule has 0 unspecified atom stereocenters. The molecule has 1 aromatic rings. The van der Waals surface area contributed by atoms with Crippen LogP contribution in [0.2, 0.25) is 0 Å². The number of aryl methyl sites for hydroxylation is 1. The summed E-state index contributed by atoms with van der Waals surface area (Å²) in [7, 11) is 2.06. The van der Waals surface area contributed by atoms with Gasteiger partial charge in [0.2, 0.25) is 0 Å². The minimum absolute atomic E-state index is 0.694. The van der Waals surface area contributed by atoms with Crippen LogP contribution in [-0.2, 0) is 13.6 Å². The maximum absolute atomic E-state index is 4.14. The van der Waals surface area contributed by atoms with Crippen LogP contribution in [0.25, 0.3) is 0 Å². The van der Waals surface area contributed by atoms with Gasteiger partial charge in [-0.3, -0.25) is 0 Å². The largest absolute Gasteiger partial charge is 0.337 e. The first-order valence-corrected chi connectivity index (χ1v) is 6.75. The highest BCUT2D eigenvalue weighted by molar-refractivity contribution is 4.97. The molecule has 1 N–H and O–H groups in total. The van der Waals surface area contributed by atoms with Gasteiger partial charge in [0.1, 0.15) is 0 Å². The van der Waals surface area contributed by atoms with Crippen LogP contribution in [0, 0.1) is 0 Å². The average molecular weight is 234 g/mol. The van der Waals surface area contributed by atoms with Crippen LogP contribution < -0.4 is 5.32 Å². The van der Waals surface area contributed by atoms with Crippen molar-refractivity contribution in [3.63, 3.8) is 0 Å². The molecule has 3 rings (SSSR count). The maximum atomic E-state index is 4.14. The molecule has 1 aliphatic carbocycles. The molecule has 0 bridgehead atoms. The molecule has 1 aliphatic heterocycles. The van der Waals surface area contributed by atoms with E-state index in [0.29, 0.717) is 6.04 Å². The number of piperidine rings is 1. The van der Waals surface area contributed by atoms with E-state index >= 15 is 0 Å². The topological polar surface area (TPSA) is 33.1 Å². The fourth-order valence-corrected chi connectivity index (χ4v) is 2.71. The van der Waals surface area contributed by atoms with Crippen molar-refractivity contribution in [1.29, 1.82) is 0 Å². The highest BCUT2D eigenvalue weighted by Crippen LogP contribution is 2.29. The van der Waals surface area contributed by atoms with Crippen molar-refractivity contribution in [2.24, 2.45) is 7.05 Å². The van der Waals surface area contributed by atoms with E-state index in [4.69, 9.17) is 0 Å². The maximum Gasteiger partial charge on any atom is 0.0945 e. The third-order valence-corrected chi connectivity index (χ3v) is 4.08. The Hall–Kier alpha value is -0.870. The Morgan fingerprint density at radius 1 is 1.29 bits per heavy atom. The Labute approximate surface area is 103 Å². The first kappa shape index (κ1) is 11.2. The Morgan fingerprint density at radius 3 is 2.65 bits per heavy atom. The second kappa shape index (κ2) is 4.78. The fourth-order valence-electron chi connectivity index (χ4n) is 2.71. The number of likely N-dealkylation sites (tertiary alicyclic amines) is 1. The number of rotatable bonds is 4. The van der Waals surface area contributed by atoms with Crippen LogP contribution in [-0.4, -0.2) is 39.6 Å². The molecule has 2 heterocycles. The van der Waals surface area contributed by atoms with Gasteiger partial charge in [0.25, 0.3) is 0 Å². The fraction of sp³-hybridized carbons (Fsp3) is 0.769. The summed E-state index contributed by atoms with van der Waals surface area (Å²) in [6.07, 6.45) is 9.29. The highest BCUT2D eigenvalue weighted by atomic mass is 15.2. The van der Waals surface area contributed by atoms with Gasteiger partial charge in [-0.2, -0.15) is 0 Å². The molecule has 0 atom stereocenters. The third kappa shape index (κ3) is 2.69. The summed E-state index contributed by atoms with van der Waals surface area (Å²) in [5.41, 5.74) is 1.27. The lowest BCUT2D eigenvalue weighted by atomic mass is 10.0. The monoisotopic (exact) mass is 234 g/mol. The molecule has 2 aliphatic rings. The van der Waals surface area contributed by atoms with E-state index in [2.05, 4.69) is 26.8 Å². The van der Waals surface area contributed by atoms with Crippen LogP contribution in [0.5, 0.6) is 0 Å². The van der Waals surface area contributed by atoms with E-state index in [1.54, 1.807) is 0 Å². The van der Waals surface area contributed by atoms with Crippen LogP contribution in [0.3, 0.4) is 0 Å². The summed E-state index contributed by atoms with van der Waals surface area (Å²) in [5, 5.41) is 3.66. The molecule has 17 heavy (non-hydrogen) atoms. The Kier molecular flexibility index (Phi) is 3.16. The predicted molar refractivity (Wildman–Crippen MR) is 67.7 cm³/mol. The van der Waals surface area contributed by atoms with Gasteiger partial charge in [-0.25, -0.2) is 4.98 Å². The Balaban J connectivity index is 1.43. The molecule has 1 aromatic heterocycles. The lowest BCUT2D eigenvalue weighted by Crippen LogP contribution is -2.43. The van der Waals surface area contributed by atoms with E-state index in [1.807, 2.05) is 12.5 Å². The summed E-state index contributed by atoms with van der Waals surface area (Å²) < 4.78 is 2.09. The lowest BCUT2D eigenvalue weighted by molar-refractivity contribution is 0.188. The normalized spacial score (nSPS) is 23.1. The van der Waals surface area contributed by atoms with E-state index in [9.17, 15) is 0 Å².